The summed E-state index contributed by atoms with van der Waals surface area (Å²) in [6.07, 6.45) is 1.56. The third kappa shape index (κ3) is 1.48. The van der Waals surface area contributed by atoms with Crippen molar-refractivity contribution in [3.63, 3.8) is 0 Å². The van der Waals surface area contributed by atoms with Crippen LogP contribution < -0.4 is 11.1 Å². The molecular weight excluding hydrogens is 176 g/mol. The largest absolute Gasteiger partial charge is 0.381 e. The molecule has 0 fully saturated rings. The Kier molecular flexibility index (Phi) is 2.50. The van der Waals surface area contributed by atoms with Crippen molar-refractivity contribution in [2.75, 3.05) is 18.1 Å². The standard InChI is InChI=1S/C7H9ClN4/c1-3-4-7(10-2)12-6(9)5(8)11-4/h3H,1H2,2H3,(H3,9,10,12). The third-order valence-electron chi connectivity index (χ3n) is 1.34. The third-order valence-corrected chi connectivity index (χ3v) is 1.61. The zero-order valence-corrected chi connectivity index (χ0v) is 7.39. The average Bonchev–Trinajstić information content (AvgIpc) is 2.09. The maximum atomic E-state index is 5.65. The fourth-order valence-electron chi connectivity index (χ4n) is 0.766. The van der Waals surface area contributed by atoms with Crippen molar-refractivity contribution in [3.8, 4) is 0 Å². The SMILES string of the molecule is C=Cc1nc(Cl)c(N)nc1NC. The molecule has 1 heterocycles. The van der Waals surface area contributed by atoms with Crippen molar-refractivity contribution in [1.29, 1.82) is 0 Å². The van der Waals surface area contributed by atoms with Crippen LogP contribution >= 0.6 is 11.6 Å². The topological polar surface area (TPSA) is 63.8 Å². The lowest BCUT2D eigenvalue weighted by molar-refractivity contribution is 1.18. The Morgan fingerprint density at radius 3 is 2.75 bits per heavy atom. The van der Waals surface area contributed by atoms with E-state index in [1.807, 2.05) is 0 Å². The molecule has 0 spiro atoms. The number of hydrogen-bond acceptors (Lipinski definition) is 4. The molecule has 3 N–H and O–H groups in total. The average molecular weight is 185 g/mol. The normalized spacial score (nSPS) is 9.50. The lowest BCUT2D eigenvalue weighted by atomic mass is 10.4. The molecule has 0 saturated carbocycles. The Morgan fingerprint density at radius 2 is 2.25 bits per heavy atom. The molecule has 4 nitrogen and oxygen atoms in total. The van der Waals surface area contributed by atoms with Crippen molar-refractivity contribution < 1.29 is 0 Å². The van der Waals surface area contributed by atoms with Crippen LogP contribution in [-0.4, -0.2) is 17.0 Å². The van der Waals surface area contributed by atoms with Crippen molar-refractivity contribution in [2.45, 2.75) is 0 Å². The minimum atomic E-state index is 0.198. The predicted molar refractivity (Wildman–Crippen MR) is 51.1 cm³/mol. The second kappa shape index (κ2) is 3.40. The first-order chi connectivity index (χ1) is 5.69. The number of aromatic nitrogens is 2. The summed E-state index contributed by atoms with van der Waals surface area (Å²) in [6, 6.07) is 0. The Balaban J connectivity index is 3.28. The number of nitrogens with one attached hydrogen (secondary N) is 1. The van der Waals surface area contributed by atoms with Crippen LogP contribution in [0.25, 0.3) is 6.08 Å². The maximum Gasteiger partial charge on any atom is 0.171 e. The van der Waals surface area contributed by atoms with Gasteiger partial charge in [-0.2, -0.15) is 0 Å². The smallest absolute Gasteiger partial charge is 0.171 e. The second-order valence-corrected chi connectivity index (χ2v) is 2.45. The van der Waals surface area contributed by atoms with Crippen molar-refractivity contribution in [2.24, 2.45) is 0 Å². The van der Waals surface area contributed by atoms with Gasteiger partial charge in [-0.15, -0.1) is 0 Å². The molecule has 1 aromatic rings. The predicted octanol–water partition coefficient (Wildman–Crippen LogP) is 1.40. The molecule has 64 valence electrons. The van der Waals surface area contributed by atoms with E-state index in [0.29, 0.717) is 11.5 Å². The first kappa shape index (κ1) is 8.80. The van der Waals surface area contributed by atoms with E-state index in [4.69, 9.17) is 17.3 Å². The van der Waals surface area contributed by atoms with Gasteiger partial charge in [0.2, 0.25) is 0 Å². The molecule has 0 saturated heterocycles. The molecule has 0 aliphatic rings. The van der Waals surface area contributed by atoms with Gasteiger partial charge in [0.25, 0.3) is 0 Å². The molecule has 1 aromatic heterocycles. The molecular formula is C7H9ClN4. The number of anilines is 2. The first-order valence-electron chi connectivity index (χ1n) is 3.32. The van der Waals surface area contributed by atoms with Gasteiger partial charge in [-0.05, 0) is 6.08 Å². The number of hydrogen-bond donors (Lipinski definition) is 2. The molecule has 1 rings (SSSR count). The van der Waals surface area contributed by atoms with E-state index in [-0.39, 0.29) is 11.0 Å². The number of rotatable bonds is 2. The van der Waals surface area contributed by atoms with Gasteiger partial charge in [0.05, 0.1) is 0 Å². The summed E-state index contributed by atoms with van der Waals surface area (Å²) in [5.41, 5.74) is 6.03. The van der Waals surface area contributed by atoms with Crippen LogP contribution in [0.2, 0.25) is 5.15 Å². The van der Waals surface area contributed by atoms with Crippen molar-refractivity contribution >= 4 is 29.3 Å². The van der Waals surface area contributed by atoms with Gasteiger partial charge in [-0.1, -0.05) is 18.2 Å². The van der Waals surface area contributed by atoms with E-state index in [9.17, 15) is 0 Å². The Labute approximate surface area is 75.5 Å². The highest BCUT2D eigenvalue weighted by Crippen LogP contribution is 2.19. The van der Waals surface area contributed by atoms with E-state index >= 15 is 0 Å². The molecule has 0 bridgehead atoms. The van der Waals surface area contributed by atoms with Crippen LogP contribution in [-0.2, 0) is 0 Å². The van der Waals surface area contributed by atoms with Gasteiger partial charge in [0.15, 0.2) is 16.8 Å². The van der Waals surface area contributed by atoms with Crippen LogP contribution in [0.15, 0.2) is 6.58 Å². The molecule has 0 atom stereocenters. The summed E-state index contributed by atoms with van der Waals surface area (Å²) in [5.74, 6) is 0.790. The highest BCUT2D eigenvalue weighted by atomic mass is 35.5. The van der Waals surface area contributed by atoms with E-state index < -0.39 is 0 Å². The van der Waals surface area contributed by atoms with Crippen LogP contribution in [0.5, 0.6) is 0 Å². The van der Waals surface area contributed by atoms with E-state index in [0.717, 1.165) is 0 Å². The number of nitrogens with zero attached hydrogens (tertiary/aromatic N) is 2. The van der Waals surface area contributed by atoms with E-state index in [2.05, 4.69) is 21.9 Å². The van der Waals surface area contributed by atoms with Crippen LogP contribution in [0.1, 0.15) is 5.69 Å². The molecule has 0 radical (unpaired) electrons. The highest BCUT2D eigenvalue weighted by Gasteiger charge is 2.05. The zero-order chi connectivity index (χ0) is 9.14. The number of nitrogens with two attached hydrogens (primary N) is 1. The molecule has 0 aliphatic heterocycles. The minimum Gasteiger partial charge on any atom is -0.381 e. The Morgan fingerprint density at radius 1 is 1.58 bits per heavy atom. The summed E-state index contributed by atoms with van der Waals surface area (Å²) in [7, 11) is 1.73. The summed E-state index contributed by atoms with van der Waals surface area (Å²) in [6.45, 7) is 3.57. The second-order valence-electron chi connectivity index (χ2n) is 2.09. The fourth-order valence-corrected chi connectivity index (χ4v) is 0.899. The molecule has 5 heteroatoms. The van der Waals surface area contributed by atoms with Gasteiger partial charge in [-0.3, -0.25) is 0 Å². The number of nitrogen functional groups attached to an aromatic ring is 1. The van der Waals surface area contributed by atoms with Crippen molar-refractivity contribution in [1.82, 2.24) is 9.97 Å². The van der Waals surface area contributed by atoms with E-state index in [1.165, 1.54) is 0 Å². The van der Waals surface area contributed by atoms with Crippen LogP contribution in [0.3, 0.4) is 0 Å². The molecule has 0 aromatic carbocycles. The molecule has 0 amide bonds. The Hall–Kier alpha value is -1.29. The summed E-state index contributed by atoms with van der Waals surface area (Å²) in [4.78, 5) is 7.92. The summed E-state index contributed by atoms with van der Waals surface area (Å²) in [5, 5.41) is 3.03. The molecule has 0 aliphatic carbocycles. The maximum absolute atomic E-state index is 5.65. The fraction of sp³-hybridized carbons (Fsp3) is 0.143. The van der Waals surface area contributed by atoms with Crippen molar-refractivity contribution in [3.05, 3.63) is 17.4 Å². The van der Waals surface area contributed by atoms with Crippen LogP contribution in [0.4, 0.5) is 11.6 Å². The lowest BCUT2D eigenvalue weighted by Gasteiger charge is -2.04. The van der Waals surface area contributed by atoms with Gasteiger partial charge in [-0.25, -0.2) is 9.97 Å². The van der Waals surface area contributed by atoms with Gasteiger partial charge in [0.1, 0.15) is 5.69 Å². The summed E-state index contributed by atoms with van der Waals surface area (Å²) < 4.78 is 0. The minimum absolute atomic E-state index is 0.198. The van der Waals surface area contributed by atoms with Crippen LogP contribution in [0, 0.1) is 0 Å². The molecule has 0 unspecified atom stereocenters. The summed E-state index contributed by atoms with van der Waals surface area (Å²) >= 11 is 5.65. The monoisotopic (exact) mass is 184 g/mol. The first-order valence-corrected chi connectivity index (χ1v) is 3.70. The van der Waals surface area contributed by atoms with Gasteiger partial charge in [0, 0.05) is 7.05 Å². The van der Waals surface area contributed by atoms with Gasteiger partial charge < -0.3 is 11.1 Å². The quantitative estimate of drug-likeness (QED) is 0.729. The lowest BCUT2D eigenvalue weighted by Crippen LogP contribution is -2.02. The highest BCUT2D eigenvalue weighted by molar-refractivity contribution is 6.31. The van der Waals surface area contributed by atoms with Gasteiger partial charge >= 0.3 is 0 Å². The number of halogens is 1. The zero-order valence-electron chi connectivity index (χ0n) is 6.63. The Bertz CT molecular complexity index is 311. The van der Waals surface area contributed by atoms with E-state index in [1.54, 1.807) is 13.1 Å². The molecule has 12 heavy (non-hydrogen) atoms.